The summed E-state index contributed by atoms with van der Waals surface area (Å²) < 4.78 is 33.4. The highest BCUT2D eigenvalue weighted by molar-refractivity contribution is 7.92. The highest BCUT2D eigenvalue weighted by Crippen LogP contribution is 2.41. The number of nitrogens with one attached hydrogen (secondary N) is 2. The van der Waals surface area contributed by atoms with Crippen molar-refractivity contribution in [2.45, 2.75) is 38.0 Å². The van der Waals surface area contributed by atoms with Gasteiger partial charge in [0.05, 0.1) is 23.2 Å². The predicted molar refractivity (Wildman–Crippen MR) is 141 cm³/mol. The minimum Gasteiger partial charge on any atom is -0.381 e. The number of nitrogens with zero attached hydrogens (tertiary/aromatic N) is 5. The Morgan fingerprint density at radius 2 is 2.08 bits per heavy atom. The van der Waals surface area contributed by atoms with Crippen LogP contribution in [-0.2, 0) is 21.3 Å². The van der Waals surface area contributed by atoms with Crippen LogP contribution in [0.1, 0.15) is 46.0 Å². The molecule has 1 aliphatic carbocycles. The number of benzene rings is 1. The third-order valence-electron chi connectivity index (χ3n) is 7.40. The zero-order chi connectivity index (χ0) is 27.7. The number of hydrogen-bond acceptors (Lipinski definition) is 8. The lowest BCUT2D eigenvalue weighted by Gasteiger charge is -2.30. The first-order chi connectivity index (χ1) is 18.5. The summed E-state index contributed by atoms with van der Waals surface area (Å²) in [7, 11) is -3.69. The van der Waals surface area contributed by atoms with Crippen LogP contribution < -0.4 is 15.8 Å². The Balaban J connectivity index is 1.42. The van der Waals surface area contributed by atoms with Crippen molar-refractivity contribution in [3.8, 4) is 11.3 Å². The number of nitrogen functional groups attached to an aromatic ring is 1. The van der Waals surface area contributed by atoms with Crippen molar-refractivity contribution in [3.63, 3.8) is 0 Å². The molecule has 1 aromatic carbocycles. The minimum atomic E-state index is -3.69. The summed E-state index contributed by atoms with van der Waals surface area (Å²) in [5.74, 6) is -0.415. The molecule has 4 N–H and O–H groups in total. The summed E-state index contributed by atoms with van der Waals surface area (Å²) in [5, 5.41) is 6.84. The van der Waals surface area contributed by atoms with Crippen molar-refractivity contribution in [1.82, 2.24) is 24.8 Å². The Hall–Kier alpha value is -4.22. The van der Waals surface area contributed by atoms with Gasteiger partial charge in [0.1, 0.15) is 18.8 Å². The Bertz CT molecular complexity index is 1700. The smallest absolute Gasteiger partial charge is 0.353 e. The van der Waals surface area contributed by atoms with Crippen molar-refractivity contribution < 1.29 is 22.7 Å². The van der Waals surface area contributed by atoms with Gasteiger partial charge in [0.25, 0.3) is 11.8 Å². The van der Waals surface area contributed by atoms with Gasteiger partial charge in [0.2, 0.25) is 10.0 Å². The van der Waals surface area contributed by atoms with Crippen LogP contribution in [-0.4, -0.2) is 70.9 Å². The van der Waals surface area contributed by atoms with E-state index in [4.69, 9.17) is 17.0 Å². The van der Waals surface area contributed by atoms with E-state index in [-0.39, 0.29) is 47.9 Å². The molecule has 39 heavy (non-hydrogen) atoms. The average molecular weight is 551 g/mol. The third-order valence-corrected chi connectivity index (χ3v) is 7.99. The van der Waals surface area contributed by atoms with Gasteiger partial charge >= 0.3 is 5.66 Å². The number of ether oxygens (including phenoxy) is 1. The van der Waals surface area contributed by atoms with E-state index in [1.54, 1.807) is 23.2 Å². The van der Waals surface area contributed by atoms with E-state index < -0.39 is 21.6 Å². The largest absolute Gasteiger partial charge is 0.381 e. The van der Waals surface area contributed by atoms with Crippen LogP contribution in [0.15, 0.2) is 24.4 Å². The normalized spacial score (nSPS) is 18.8. The van der Waals surface area contributed by atoms with Gasteiger partial charge in [-0.05, 0) is 49.4 Å². The second-order valence-corrected chi connectivity index (χ2v) is 12.1. The molecule has 2 fully saturated rings. The molecule has 3 aliphatic rings. The molecule has 2 aliphatic heterocycles. The lowest BCUT2D eigenvalue weighted by Crippen LogP contribution is -2.59. The van der Waals surface area contributed by atoms with E-state index in [1.807, 2.05) is 13.0 Å². The highest BCUT2D eigenvalue weighted by atomic mass is 32.2. The predicted octanol–water partition coefficient (Wildman–Crippen LogP) is 1.48. The number of fused-ring (bicyclic) bond motifs is 2. The maximum Gasteiger partial charge on any atom is 0.353 e. The molecule has 202 valence electrons. The molecule has 2 aromatic heterocycles. The Morgan fingerprint density at radius 1 is 1.33 bits per heavy atom. The number of anilines is 2. The van der Waals surface area contributed by atoms with Crippen molar-refractivity contribution >= 4 is 39.0 Å². The molecule has 1 saturated carbocycles. The molecule has 6 rings (SSSR count). The number of carbonyl (C=O) groups excluding carboxylic acids is 2. The van der Waals surface area contributed by atoms with Gasteiger partial charge in [-0.3, -0.25) is 24.5 Å². The Morgan fingerprint density at radius 3 is 2.69 bits per heavy atom. The first kappa shape index (κ1) is 25.1. The number of rotatable bonds is 7. The van der Waals surface area contributed by atoms with Gasteiger partial charge in [-0.1, -0.05) is 0 Å². The topological polar surface area (TPSA) is 165 Å². The van der Waals surface area contributed by atoms with Gasteiger partial charge < -0.3 is 15.4 Å². The van der Waals surface area contributed by atoms with Crippen molar-refractivity contribution in [2.75, 3.05) is 29.9 Å². The van der Waals surface area contributed by atoms with Crippen molar-refractivity contribution in [3.05, 3.63) is 52.5 Å². The zero-order valence-electron chi connectivity index (χ0n) is 21.3. The van der Waals surface area contributed by atoms with Gasteiger partial charge in [-0.25, -0.2) is 24.5 Å². The van der Waals surface area contributed by atoms with Gasteiger partial charge in [-0.15, -0.1) is 5.10 Å². The third kappa shape index (κ3) is 4.33. The maximum absolute atomic E-state index is 13.4. The lowest BCUT2D eigenvalue weighted by molar-refractivity contribution is -0.0452. The van der Waals surface area contributed by atoms with E-state index in [0.29, 0.717) is 34.8 Å². The van der Waals surface area contributed by atoms with Crippen molar-refractivity contribution in [1.29, 1.82) is 0 Å². The second-order valence-electron chi connectivity index (χ2n) is 10.4. The molecule has 1 atom stereocenters. The standard InChI is InChI=1S/C25H26N8O5S/c1-13(14-4-5-14)32-10-16-8-15(9-18(19(16)24(32)35)31-39(3,36)37)17-6-7-33-22(28-17)20(21(26)30-33)23(34)29-25(27-2)11-38-12-25/h6-9,13-14,31H,4-5,10-12H2,1,3H3,(H2,26,30)(H,29,34)/t13-/m0/s1. The first-order valence-corrected chi connectivity index (χ1v) is 14.3. The lowest BCUT2D eigenvalue weighted by atomic mass is 10.0. The number of hydrogen-bond donors (Lipinski definition) is 3. The molecule has 0 radical (unpaired) electrons. The molecule has 0 unspecified atom stereocenters. The van der Waals surface area contributed by atoms with E-state index >= 15 is 0 Å². The zero-order valence-corrected chi connectivity index (χ0v) is 22.1. The summed E-state index contributed by atoms with van der Waals surface area (Å²) in [4.78, 5) is 36.4. The van der Waals surface area contributed by atoms with Gasteiger partial charge in [0.15, 0.2) is 11.5 Å². The molecule has 0 bridgehead atoms. The quantitative estimate of drug-likeness (QED) is 0.372. The highest BCUT2D eigenvalue weighted by Gasteiger charge is 2.48. The fourth-order valence-electron chi connectivity index (χ4n) is 5.13. The molecular formula is C25H26N8O5S. The molecule has 14 heteroatoms. The fraction of sp³-hybridized carbons (Fsp3) is 0.400. The van der Waals surface area contributed by atoms with Crippen LogP contribution in [0.5, 0.6) is 0 Å². The average Bonchev–Trinajstić information content (AvgIpc) is 3.57. The second kappa shape index (κ2) is 8.65. The number of sulfonamides is 1. The number of aromatic nitrogens is 3. The van der Waals surface area contributed by atoms with Crippen LogP contribution in [0.25, 0.3) is 21.7 Å². The number of amides is 2. The van der Waals surface area contributed by atoms with Gasteiger partial charge in [0, 0.05) is 24.3 Å². The number of carbonyl (C=O) groups is 2. The van der Waals surface area contributed by atoms with Crippen LogP contribution in [0.2, 0.25) is 0 Å². The van der Waals surface area contributed by atoms with Crippen LogP contribution in [0, 0.1) is 12.5 Å². The summed E-state index contributed by atoms with van der Waals surface area (Å²) in [6.45, 7) is 9.92. The summed E-state index contributed by atoms with van der Waals surface area (Å²) >= 11 is 0. The summed E-state index contributed by atoms with van der Waals surface area (Å²) in [5.41, 5.74) is 7.25. The molecule has 2 amide bonds. The number of nitrogens with two attached hydrogens (primary N) is 1. The Kier molecular flexibility index (Phi) is 5.56. The molecule has 13 nitrogen and oxygen atoms in total. The van der Waals surface area contributed by atoms with Crippen LogP contribution in [0.4, 0.5) is 11.5 Å². The fourth-order valence-corrected chi connectivity index (χ4v) is 5.69. The van der Waals surface area contributed by atoms with Crippen LogP contribution in [0.3, 0.4) is 0 Å². The molecular weight excluding hydrogens is 524 g/mol. The monoisotopic (exact) mass is 550 g/mol. The van der Waals surface area contributed by atoms with E-state index in [9.17, 15) is 18.0 Å². The van der Waals surface area contributed by atoms with Crippen molar-refractivity contribution in [2.24, 2.45) is 5.92 Å². The molecule has 4 heterocycles. The van der Waals surface area contributed by atoms with Crippen LogP contribution >= 0.6 is 0 Å². The molecule has 1 saturated heterocycles. The van der Waals surface area contributed by atoms with Gasteiger partial charge in [-0.2, -0.15) is 0 Å². The van der Waals surface area contributed by atoms with E-state index in [0.717, 1.165) is 19.1 Å². The Labute approximate surface area is 224 Å². The minimum absolute atomic E-state index is 0.0158. The summed E-state index contributed by atoms with van der Waals surface area (Å²) in [6, 6.07) is 5.10. The van der Waals surface area contributed by atoms with E-state index in [2.05, 4.69) is 25.0 Å². The SMILES string of the molecule is [C-]#[N+]C1(NC(=O)c2c(N)nn3ccc(-c4cc5c(c(NS(C)(=O)=O)c4)C(=O)N([C@@H](C)C4CC4)C5)nc23)COC1. The first-order valence-electron chi connectivity index (χ1n) is 12.4. The maximum atomic E-state index is 13.4. The van der Waals surface area contributed by atoms with E-state index in [1.165, 1.54) is 4.52 Å². The molecule has 0 spiro atoms. The summed E-state index contributed by atoms with van der Waals surface area (Å²) in [6.07, 6.45) is 4.76. The molecule has 3 aromatic rings.